The number of anilines is 2. The standard InChI is InChI=1S/C47H51F7N6O8/c1-5-62-40-22-29(8-11-39(40)61-4)27-57-18-14-31(15-19-57)59(44-55-35-25-33(67-46(49,50)51)9-12-37(35)65-44)60(45-56-36-26-34(68-47(52,53)54)10-13-38(36)66-45)32-16-20-58(21-17-32)28-30-23-41(63-6-2)43(48)42(24-30)64-7-3/h8-13,22-26,31-32H,5-7,14-21,27-28H2,1-4H3. The van der Waals surface area contributed by atoms with Crippen LogP contribution >= 0.6 is 0 Å². The van der Waals surface area contributed by atoms with Gasteiger partial charge in [-0.25, -0.2) is 10.0 Å². The third-order valence-corrected chi connectivity index (χ3v) is 11.6. The van der Waals surface area contributed by atoms with Crippen molar-refractivity contribution in [2.24, 2.45) is 0 Å². The number of hydrogen-bond donors (Lipinski definition) is 0. The Balaban J connectivity index is 1.14. The molecule has 2 aliphatic rings. The Hall–Kier alpha value is -6.35. The maximum atomic E-state index is 15.2. The van der Waals surface area contributed by atoms with E-state index in [1.54, 1.807) is 33.1 Å². The summed E-state index contributed by atoms with van der Waals surface area (Å²) in [5.74, 6) is -0.122. The van der Waals surface area contributed by atoms with Crippen LogP contribution in [0.4, 0.5) is 42.8 Å². The van der Waals surface area contributed by atoms with Gasteiger partial charge in [0.05, 0.1) is 39.0 Å². The summed E-state index contributed by atoms with van der Waals surface area (Å²) in [6, 6.07) is 15.6. The van der Waals surface area contributed by atoms with Gasteiger partial charge < -0.3 is 37.3 Å². The summed E-state index contributed by atoms with van der Waals surface area (Å²) in [4.78, 5) is 13.9. The number of ether oxygens (including phenoxy) is 6. The monoisotopic (exact) mass is 960 g/mol. The Kier molecular flexibility index (Phi) is 14.5. The van der Waals surface area contributed by atoms with Gasteiger partial charge in [0.25, 0.3) is 0 Å². The highest BCUT2D eigenvalue weighted by molar-refractivity contribution is 5.78. The van der Waals surface area contributed by atoms with Crippen molar-refractivity contribution in [1.82, 2.24) is 19.8 Å². The van der Waals surface area contributed by atoms with E-state index in [-0.39, 0.29) is 71.0 Å². The SMILES string of the molecule is CCOc1cc(CN2CCC(N(c3nc4cc(OC(F)(F)F)ccc4o3)N(c3nc4cc(OC(F)(F)F)ccc4o3)C3CCN(Cc4cc(OCC)c(F)c(OCC)c4)CC3)CC2)ccc1OC. The van der Waals surface area contributed by atoms with E-state index in [1.165, 1.54) is 12.1 Å². The number of aromatic nitrogens is 2. The summed E-state index contributed by atoms with van der Waals surface area (Å²) >= 11 is 0. The third kappa shape index (κ3) is 11.5. The number of oxazole rings is 2. The summed E-state index contributed by atoms with van der Waals surface area (Å²) < 4.78 is 139. The summed E-state index contributed by atoms with van der Waals surface area (Å²) in [6.45, 7) is 9.71. The van der Waals surface area contributed by atoms with Gasteiger partial charge >= 0.3 is 24.8 Å². The number of piperidine rings is 2. The number of fused-ring (bicyclic) bond motifs is 2. The number of hydrogen-bond acceptors (Lipinski definition) is 14. The van der Waals surface area contributed by atoms with Crippen molar-refractivity contribution in [3.8, 4) is 34.5 Å². The normalized spacial score (nSPS) is 15.8. The fourth-order valence-corrected chi connectivity index (χ4v) is 8.72. The van der Waals surface area contributed by atoms with E-state index in [0.29, 0.717) is 83.1 Å². The van der Waals surface area contributed by atoms with Crippen LogP contribution in [0.3, 0.4) is 0 Å². The lowest BCUT2D eigenvalue weighted by Crippen LogP contribution is -2.59. The summed E-state index contributed by atoms with van der Waals surface area (Å²) in [6.07, 6.45) is -7.82. The molecule has 0 amide bonds. The highest BCUT2D eigenvalue weighted by Crippen LogP contribution is 2.39. The summed E-state index contributed by atoms with van der Waals surface area (Å²) in [7, 11) is 1.58. The lowest BCUT2D eigenvalue weighted by molar-refractivity contribution is -0.275. The molecule has 0 unspecified atom stereocenters. The van der Waals surface area contributed by atoms with Gasteiger partial charge in [-0.15, -0.1) is 26.3 Å². The number of methoxy groups -OCH3 is 1. The fraction of sp³-hybridized carbons (Fsp3) is 0.447. The van der Waals surface area contributed by atoms with Crippen LogP contribution in [-0.2, 0) is 13.1 Å². The molecule has 4 aromatic carbocycles. The molecule has 2 saturated heterocycles. The number of alkyl halides is 6. The number of hydrazine groups is 1. The molecule has 14 nitrogen and oxygen atoms in total. The smallest absolute Gasteiger partial charge is 0.493 e. The van der Waals surface area contributed by atoms with E-state index in [0.717, 1.165) is 35.4 Å². The van der Waals surface area contributed by atoms with Crippen molar-refractivity contribution in [3.63, 3.8) is 0 Å². The largest absolute Gasteiger partial charge is 0.573 e. The molecular formula is C47H51F7N6O8. The van der Waals surface area contributed by atoms with E-state index >= 15 is 4.39 Å². The van der Waals surface area contributed by atoms with Crippen molar-refractivity contribution in [3.05, 3.63) is 83.7 Å². The van der Waals surface area contributed by atoms with Crippen molar-refractivity contribution >= 4 is 34.2 Å². The van der Waals surface area contributed by atoms with Gasteiger partial charge in [0.1, 0.15) is 22.5 Å². The molecule has 366 valence electrons. The molecule has 2 aliphatic heterocycles. The second-order valence-corrected chi connectivity index (χ2v) is 16.2. The second-order valence-electron chi connectivity index (χ2n) is 16.2. The molecule has 0 N–H and O–H groups in total. The van der Waals surface area contributed by atoms with Crippen molar-refractivity contribution < 1.29 is 68.0 Å². The van der Waals surface area contributed by atoms with Gasteiger partial charge in [-0.05, 0) is 106 Å². The number of likely N-dealkylation sites (tertiary alicyclic amines) is 2. The van der Waals surface area contributed by atoms with Crippen molar-refractivity contribution in [2.75, 3.05) is 63.1 Å². The van der Waals surface area contributed by atoms with Crippen LogP contribution in [0.1, 0.15) is 57.6 Å². The first-order chi connectivity index (χ1) is 32.6. The molecule has 2 fully saturated rings. The molecule has 6 aromatic rings. The molecule has 21 heteroatoms. The van der Waals surface area contributed by atoms with Crippen LogP contribution in [0.15, 0.2) is 75.6 Å². The molecule has 0 radical (unpaired) electrons. The summed E-state index contributed by atoms with van der Waals surface area (Å²) in [5.41, 5.74) is 2.32. The Morgan fingerprint density at radius 3 is 1.43 bits per heavy atom. The zero-order chi connectivity index (χ0) is 48.2. The average molecular weight is 961 g/mol. The van der Waals surface area contributed by atoms with E-state index in [2.05, 4.69) is 19.3 Å². The fourth-order valence-electron chi connectivity index (χ4n) is 8.72. The highest BCUT2D eigenvalue weighted by atomic mass is 19.4. The Morgan fingerprint density at radius 2 is 1.00 bits per heavy atom. The topological polar surface area (TPSA) is 120 Å². The highest BCUT2D eigenvalue weighted by Gasteiger charge is 2.40. The molecule has 0 spiro atoms. The van der Waals surface area contributed by atoms with Crippen molar-refractivity contribution in [2.45, 2.75) is 84.4 Å². The molecule has 0 atom stereocenters. The molecule has 8 rings (SSSR count). The minimum atomic E-state index is -4.95. The lowest BCUT2D eigenvalue weighted by atomic mass is 10.0. The first-order valence-corrected chi connectivity index (χ1v) is 22.3. The zero-order valence-electron chi connectivity index (χ0n) is 37.8. The molecule has 0 saturated carbocycles. The summed E-state index contributed by atoms with van der Waals surface area (Å²) in [5, 5.41) is 3.64. The second kappa shape index (κ2) is 20.5. The number of rotatable bonds is 18. The number of benzene rings is 4. The van der Waals surface area contributed by atoms with Gasteiger partial charge in [-0.3, -0.25) is 9.80 Å². The molecule has 4 heterocycles. The van der Waals surface area contributed by atoms with Crippen LogP contribution < -0.4 is 38.4 Å². The molecule has 0 aliphatic carbocycles. The van der Waals surface area contributed by atoms with Crippen LogP contribution in [0.5, 0.6) is 34.5 Å². The van der Waals surface area contributed by atoms with E-state index in [4.69, 9.17) is 37.7 Å². The molecule has 0 bridgehead atoms. The Labute approximate surface area is 386 Å². The van der Waals surface area contributed by atoms with Crippen LogP contribution in [-0.4, -0.2) is 97.7 Å². The zero-order valence-corrected chi connectivity index (χ0v) is 37.8. The Bertz CT molecular complexity index is 2620. The predicted molar refractivity (Wildman–Crippen MR) is 236 cm³/mol. The third-order valence-electron chi connectivity index (χ3n) is 11.6. The number of nitrogens with zero attached hydrogens (tertiary/aromatic N) is 6. The maximum Gasteiger partial charge on any atom is 0.573 e. The minimum absolute atomic E-state index is 0.0244. The predicted octanol–water partition coefficient (Wildman–Crippen LogP) is 10.7. The minimum Gasteiger partial charge on any atom is -0.493 e. The van der Waals surface area contributed by atoms with Gasteiger partial charge in [0, 0.05) is 51.4 Å². The lowest BCUT2D eigenvalue weighted by Gasteiger charge is -2.47. The van der Waals surface area contributed by atoms with Gasteiger partial charge in [0.2, 0.25) is 5.82 Å². The van der Waals surface area contributed by atoms with Gasteiger partial charge in [-0.2, -0.15) is 14.4 Å². The van der Waals surface area contributed by atoms with Gasteiger partial charge in [0.15, 0.2) is 34.2 Å². The first-order valence-electron chi connectivity index (χ1n) is 22.3. The van der Waals surface area contributed by atoms with Crippen LogP contribution in [0.2, 0.25) is 0 Å². The first kappa shape index (κ1) is 48.1. The van der Waals surface area contributed by atoms with Crippen LogP contribution in [0, 0.1) is 5.82 Å². The van der Waals surface area contributed by atoms with E-state index in [1.807, 2.05) is 35.1 Å². The molecule has 2 aromatic heterocycles. The van der Waals surface area contributed by atoms with Crippen LogP contribution in [0.25, 0.3) is 22.2 Å². The quantitative estimate of drug-likeness (QED) is 0.0600. The molecule has 68 heavy (non-hydrogen) atoms. The number of halogens is 7. The van der Waals surface area contributed by atoms with Crippen molar-refractivity contribution in [1.29, 1.82) is 0 Å². The molecular weight excluding hydrogens is 910 g/mol. The Morgan fingerprint density at radius 1 is 0.574 bits per heavy atom. The van der Waals surface area contributed by atoms with E-state index < -0.39 is 30.0 Å². The van der Waals surface area contributed by atoms with E-state index in [9.17, 15) is 26.3 Å². The average Bonchev–Trinajstić information content (AvgIpc) is 3.91. The maximum absolute atomic E-state index is 15.2. The van der Waals surface area contributed by atoms with Gasteiger partial charge in [-0.1, -0.05) is 6.07 Å².